The molecule has 84 valence electrons. The quantitative estimate of drug-likeness (QED) is 0.719. The maximum Gasteiger partial charge on any atom is 0.0698 e. The minimum atomic E-state index is 0.459. The van der Waals surface area contributed by atoms with Crippen LogP contribution >= 0.6 is 0 Å². The molecule has 0 bridgehead atoms. The molecule has 0 aromatic carbocycles. The molecule has 1 heterocycles. The minimum absolute atomic E-state index is 0.459. The first-order chi connectivity index (χ1) is 6.77. The predicted octanol–water partition coefficient (Wildman–Crippen LogP) is 1.10. The second kappa shape index (κ2) is 6.38. The van der Waals surface area contributed by atoms with Gasteiger partial charge in [0.15, 0.2) is 0 Å². The van der Waals surface area contributed by atoms with Crippen molar-refractivity contribution in [1.82, 2.24) is 10.2 Å². The zero-order valence-corrected chi connectivity index (χ0v) is 9.75. The topological polar surface area (TPSA) is 24.5 Å². The van der Waals surface area contributed by atoms with Crippen molar-refractivity contribution in [3.63, 3.8) is 0 Å². The Balaban J connectivity index is 2.27. The summed E-state index contributed by atoms with van der Waals surface area (Å²) >= 11 is 0. The summed E-state index contributed by atoms with van der Waals surface area (Å²) in [6.07, 6.45) is 4.20. The number of likely N-dealkylation sites (tertiary alicyclic amines) is 1. The molecule has 0 spiro atoms. The first-order valence-electron chi connectivity index (χ1n) is 5.69. The van der Waals surface area contributed by atoms with Crippen molar-refractivity contribution in [2.24, 2.45) is 0 Å². The number of hydrogen-bond acceptors (Lipinski definition) is 3. The highest BCUT2D eigenvalue weighted by Crippen LogP contribution is 2.16. The van der Waals surface area contributed by atoms with Crippen molar-refractivity contribution < 1.29 is 4.74 Å². The van der Waals surface area contributed by atoms with Crippen LogP contribution in [-0.2, 0) is 4.74 Å². The highest BCUT2D eigenvalue weighted by Gasteiger charge is 2.22. The first-order valence-corrected chi connectivity index (χ1v) is 5.69. The lowest BCUT2D eigenvalue weighted by Crippen LogP contribution is -2.44. The molecule has 0 aromatic rings. The Kier molecular flexibility index (Phi) is 5.45. The van der Waals surface area contributed by atoms with Crippen LogP contribution in [0.3, 0.4) is 0 Å². The highest BCUT2D eigenvalue weighted by atomic mass is 16.5. The molecule has 3 nitrogen and oxygen atoms in total. The Bertz CT molecular complexity index is 152. The van der Waals surface area contributed by atoms with Crippen molar-refractivity contribution in [2.75, 3.05) is 33.8 Å². The van der Waals surface area contributed by atoms with Crippen molar-refractivity contribution in [1.29, 1.82) is 0 Å². The number of hydrogen-bond donors (Lipinski definition) is 1. The van der Waals surface area contributed by atoms with Crippen LogP contribution in [0.1, 0.15) is 26.2 Å². The van der Waals surface area contributed by atoms with Gasteiger partial charge in [-0.2, -0.15) is 0 Å². The van der Waals surface area contributed by atoms with E-state index >= 15 is 0 Å². The third-order valence-corrected chi connectivity index (χ3v) is 3.18. The van der Waals surface area contributed by atoms with Gasteiger partial charge < -0.3 is 10.1 Å². The average Bonchev–Trinajstić information content (AvgIpc) is 2.26. The molecule has 0 saturated carbocycles. The van der Waals surface area contributed by atoms with E-state index in [-0.39, 0.29) is 0 Å². The molecule has 1 aliphatic heterocycles. The third-order valence-electron chi connectivity index (χ3n) is 3.18. The molecule has 1 saturated heterocycles. The molecule has 0 aliphatic carbocycles. The number of nitrogens with zero attached hydrogens (tertiary/aromatic N) is 1. The van der Waals surface area contributed by atoms with Crippen molar-refractivity contribution in [3.05, 3.63) is 0 Å². The molecule has 1 aliphatic rings. The lowest BCUT2D eigenvalue weighted by atomic mass is 10.0. The Morgan fingerprint density at radius 2 is 2.36 bits per heavy atom. The van der Waals surface area contributed by atoms with Gasteiger partial charge in [-0.1, -0.05) is 0 Å². The van der Waals surface area contributed by atoms with Crippen molar-refractivity contribution in [2.45, 2.75) is 38.3 Å². The predicted molar refractivity (Wildman–Crippen MR) is 59.6 cm³/mol. The van der Waals surface area contributed by atoms with E-state index in [4.69, 9.17) is 4.74 Å². The van der Waals surface area contributed by atoms with Gasteiger partial charge in [-0.25, -0.2) is 0 Å². The summed E-state index contributed by atoms with van der Waals surface area (Å²) in [5.74, 6) is 0. The summed E-state index contributed by atoms with van der Waals surface area (Å²) in [5.41, 5.74) is 0. The van der Waals surface area contributed by atoms with Gasteiger partial charge in [-0.05, 0) is 46.3 Å². The molecule has 1 fully saturated rings. The van der Waals surface area contributed by atoms with Crippen LogP contribution in [-0.4, -0.2) is 50.8 Å². The lowest BCUT2D eigenvalue weighted by Gasteiger charge is -2.36. The monoisotopic (exact) mass is 200 g/mol. The molecular formula is C11H24N2O. The number of methoxy groups -OCH3 is 1. The summed E-state index contributed by atoms with van der Waals surface area (Å²) in [7, 11) is 3.84. The highest BCUT2D eigenvalue weighted by molar-refractivity contribution is 4.77. The van der Waals surface area contributed by atoms with Crippen LogP contribution in [0, 0.1) is 0 Å². The third kappa shape index (κ3) is 3.56. The van der Waals surface area contributed by atoms with Crippen LogP contribution in [0.2, 0.25) is 0 Å². The Labute approximate surface area is 87.8 Å². The molecule has 0 aromatic heterocycles. The summed E-state index contributed by atoms with van der Waals surface area (Å²) in [6, 6.07) is 0.681. The fraction of sp³-hybridized carbons (Fsp3) is 1.00. The van der Waals surface area contributed by atoms with Crippen LogP contribution in [0.25, 0.3) is 0 Å². The molecule has 1 N–H and O–H groups in total. The number of ether oxygens (including phenoxy) is 1. The van der Waals surface area contributed by atoms with Gasteiger partial charge in [0.05, 0.1) is 6.10 Å². The zero-order chi connectivity index (χ0) is 10.4. The van der Waals surface area contributed by atoms with Gasteiger partial charge in [0.2, 0.25) is 0 Å². The van der Waals surface area contributed by atoms with E-state index in [1.165, 1.54) is 25.8 Å². The van der Waals surface area contributed by atoms with Crippen LogP contribution < -0.4 is 5.32 Å². The van der Waals surface area contributed by atoms with Crippen molar-refractivity contribution in [3.8, 4) is 0 Å². The van der Waals surface area contributed by atoms with Crippen LogP contribution in [0.4, 0.5) is 0 Å². The van der Waals surface area contributed by atoms with Crippen molar-refractivity contribution >= 4 is 0 Å². The smallest absolute Gasteiger partial charge is 0.0698 e. The van der Waals surface area contributed by atoms with E-state index in [2.05, 4.69) is 17.1 Å². The molecular weight excluding hydrogens is 176 g/mol. The number of piperidine rings is 1. The van der Waals surface area contributed by atoms with Crippen LogP contribution in [0.5, 0.6) is 0 Å². The lowest BCUT2D eigenvalue weighted by molar-refractivity contribution is 0.0163. The van der Waals surface area contributed by atoms with E-state index in [1.54, 1.807) is 0 Å². The molecule has 1 rings (SSSR count). The second-order valence-electron chi connectivity index (χ2n) is 4.24. The van der Waals surface area contributed by atoms with Gasteiger partial charge in [-0.15, -0.1) is 0 Å². The van der Waals surface area contributed by atoms with Gasteiger partial charge in [-0.3, -0.25) is 4.90 Å². The minimum Gasteiger partial charge on any atom is -0.380 e. The summed E-state index contributed by atoms with van der Waals surface area (Å²) in [4.78, 5) is 2.55. The molecule has 2 unspecified atom stereocenters. The standard InChI is InChI=1S/C11H24N2O/c1-10(6-7-12-2)13-8-4-5-11(9-13)14-3/h10-12H,4-9H2,1-3H3. The summed E-state index contributed by atoms with van der Waals surface area (Å²) in [5, 5.41) is 3.20. The second-order valence-corrected chi connectivity index (χ2v) is 4.24. The Morgan fingerprint density at radius 1 is 1.57 bits per heavy atom. The number of nitrogens with one attached hydrogen (secondary N) is 1. The largest absolute Gasteiger partial charge is 0.380 e. The first kappa shape index (κ1) is 12.0. The molecule has 3 heteroatoms. The fourth-order valence-electron chi connectivity index (χ4n) is 2.09. The Hall–Kier alpha value is -0.120. The van der Waals surface area contributed by atoms with Gasteiger partial charge >= 0.3 is 0 Å². The Morgan fingerprint density at radius 3 is 3.00 bits per heavy atom. The molecule has 0 amide bonds. The SMILES string of the molecule is CNCCC(C)N1CCCC(OC)C1. The van der Waals surface area contributed by atoms with E-state index in [0.29, 0.717) is 12.1 Å². The van der Waals surface area contributed by atoms with E-state index in [1.807, 2.05) is 14.2 Å². The maximum absolute atomic E-state index is 5.42. The van der Waals surface area contributed by atoms with E-state index < -0.39 is 0 Å². The zero-order valence-electron chi connectivity index (χ0n) is 9.75. The average molecular weight is 200 g/mol. The van der Waals surface area contributed by atoms with E-state index in [9.17, 15) is 0 Å². The molecule has 14 heavy (non-hydrogen) atoms. The van der Waals surface area contributed by atoms with Crippen LogP contribution in [0.15, 0.2) is 0 Å². The normalized spacial score (nSPS) is 26.4. The number of rotatable bonds is 5. The maximum atomic E-state index is 5.42. The molecule has 0 radical (unpaired) electrons. The van der Waals surface area contributed by atoms with E-state index in [0.717, 1.165) is 13.1 Å². The van der Waals surface area contributed by atoms with Gasteiger partial charge in [0.25, 0.3) is 0 Å². The summed E-state index contributed by atoms with van der Waals surface area (Å²) < 4.78 is 5.42. The van der Waals surface area contributed by atoms with Gasteiger partial charge in [0, 0.05) is 19.7 Å². The fourth-order valence-corrected chi connectivity index (χ4v) is 2.09. The summed E-state index contributed by atoms with van der Waals surface area (Å²) in [6.45, 7) is 5.77. The van der Waals surface area contributed by atoms with Gasteiger partial charge in [0.1, 0.15) is 0 Å². The molecule has 2 atom stereocenters.